The summed E-state index contributed by atoms with van der Waals surface area (Å²) in [6.07, 6.45) is 3.54. The van der Waals surface area contributed by atoms with E-state index in [1.807, 2.05) is 35.0 Å². The van der Waals surface area contributed by atoms with E-state index >= 15 is 0 Å². The highest BCUT2D eigenvalue weighted by atomic mass is 16.1. The molecule has 1 aliphatic rings. The number of hydrogen-bond donors (Lipinski definition) is 1. The molecule has 0 amide bonds. The fourth-order valence-electron chi connectivity index (χ4n) is 2.85. The molecule has 20 heavy (non-hydrogen) atoms. The van der Waals surface area contributed by atoms with E-state index in [0.29, 0.717) is 0 Å². The zero-order valence-corrected chi connectivity index (χ0v) is 11.7. The van der Waals surface area contributed by atoms with Crippen molar-refractivity contribution in [1.82, 2.24) is 9.78 Å². The van der Waals surface area contributed by atoms with Gasteiger partial charge in [-0.3, -0.25) is 9.48 Å². The van der Waals surface area contributed by atoms with Crippen LogP contribution in [0.2, 0.25) is 0 Å². The monoisotopic (exact) mass is 269 g/mol. The third-order valence-corrected chi connectivity index (χ3v) is 3.81. The highest BCUT2D eigenvalue weighted by molar-refractivity contribution is 6.00. The molecule has 0 aliphatic carbocycles. The first-order chi connectivity index (χ1) is 9.81. The third kappa shape index (κ3) is 2.22. The van der Waals surface area contributed by atoms with Crippen LogP contribution in [0, 0.1) is 0 Å². The minimum absolute atomic E-state index is 0.0558. The Balaban J connectivity index is 1.94. The maximum Gasteiger partial charge on any atom is 0.188 e. The smallest absolute Gasteiger partial charge is 0.188 e. The number of aromatic nitrogens is 2. The lowest BCUT2D eigenvalue weighted by atomic mass is 9.86. The quantitative estimate of drug-likeness (QED) is 0.868. The van der Waals surface area contributed by atoms with Gasteiger partial charge in [0.05, 0.1) is 5.92 Å². The molecule has 4 nitrogen and oxygen atoms in total. The molecule has 1 aromatic heterocycles. The van der Waals surface area contributed by atoms with Crippen LogP contribution in [0.25, 0.3) is 0 Å². The molecule has 1 aromatic carbocycles. The Labute approximate surface area is 118 Å². The molecule has 1 N–H and O–H groups in total. The highest BCUT2D eigenvalue weighted by Crippen LogP contribution is 2.33. The summed E-state index contributed by atoms with van der Waals surface area (Å²) in [5, 5.41) is 7.62. The lowest BCUT2D eigenvalue weighted by Crippen LogP contribution is -2.25. The number of anilines is 1. The largest absolute Gasteiger partial charge is 0.385 e. The van der Waals surface area contributed by atoms with E-state index < -0.39 is 0 Å². The number of aryl methyl sites for hydroxylation is 1. The zero-order chi connectivity index (χ0) is 13.9. The van der Waals surface area contributed by atoms with Crippen molar-refractivity contribution in [1.29, 1.82) is 0 Å². The number of para-hydroxylation sites is 1. The molecule has 0 fully saturated rings. The van der Waals surface area contributed by atoms with Gasteiger partial charge in [-0.1, -0.05) is 25.1 Å². The summed E-state index contributed by atoms with van der Waals surface area (Å²) < 4.78 is 1.83. The van der Waals surface area contributed by atoms with Crippen molar-refractivity contribution in [3.63, 3.8) is 0 Å². The summed E-state index contributed by atoms with van der Waals surface area (Å²) in [4.78, 5) is 12.8. The van der Waals surface area contributed by atoms with Crippen molar-refractivity contribution < 1.29 is 4.79 Å². The maximum absolute atomic E-state index is 12.8. The Morgan fingerprint density at radius 3 is 3.10 bits per heavy atom. The fourth-order valence-corrected chi connectivity index (χ4v) is 2.85. The van der Waals surface area contributed by atoms with Gasteiger partial charge in [-0.25, -0.2) is 0 Å². The molecule has 104 valence electrons. The second-order valence-electron chi connectivity index (χ2n) is 5.16. The van der Waals surface area contributed by atoms with E-state index in [1.165, 1.54) is 0 Å². The van der Waals surface area contributed by atoms with Gasteiger partial charge >= 0.3 is 0 Å². The third-order valence-electron chi connectivity index (χ3n) is 3.81. The number of hydrogen-bond acceptors (Lipinski definition) is 3. The van der Waals surface area contributed by atoms with Gasteiger partial charge < -0.3 is 5.32 Å². The lowest BCUT2D eigenvalue weighted by Gasteiger charge is -2.25. The van der Waals surface area contributed by atoms with Crippen LogP contribution in [0.3, 0.4) is 0 Å². The molecule has 2 aromatic rings. The first-order valence-corrected chi connectivity index (χ1v) is 7.20. The molecule has 4 heteroatoms. The van der Waals surface area contributed by atoms with Crippen LogP contribution in [-0.2, 0) is 6.54 Å². The molecule has 0 radical (unpaired) electrons. The standard InChI is InChI=1S/C16H19N3O/c1-2-11-19-15(8-10-18-19)16(20)13-7-9-17-14-6-4-3-5-12(13)14/h3-6,8,10,13,17H,2,7,9,11H2,1H3. The van der Waals surface area contributed by atoms with Gasteiger partial charge in [0.15, 0.2) is 5.78 Å². The Kier molecular flexibility index (Phi) is 3.54. The van der Waals surface area contributed by atoms with E-state index in [2.05, 4.69) is 17.3 Å². The van der Waals surface area contributed by atoms with Gasteiger partial charge in [0.2, 0.25) is 0 Å². The van der Waals surface area contributed by atoms with E-state index in [1.54, 1.807) is 6.20 Å². The fraction of sp³-hybridized carbons (Fsp3) is 0.375. The number of rotatable bonds is 4. The summed E-state index contributed by atoms with van der Waals surface area (Å²) in [5.41, 5.74) is 2.92. The number of carbonyl (C=O) groups is 1. The van der Waals surface area contributed by atoms with Crippen molar-refractivity contribution in [2.45, 2.75) is 32.2 Å². The zero-order valence-electron chi connectivity index (χ0n) is 11.7. The molecule has 3 rings (SSSR count). The topological polar surface area (TPSA) is 46.9 Å². The van der Waals surface area contributed by atoms with Gasteiger partial charge in [0.1, 0.15) is 5.69 Å². The van der Waals surface area contributed by atoms with Gasteiger partial charge in [0.25, 0.3) is 0 Å². The van der Waals surface area contributed by atoms with Crippen LogP contribution in [0.5, 0.6) is 0 Å². The average molecular weight is 269 g/mol. The Morgan fingerprint density at radius 1 is 1.40 bits per heavy atom. The van der Waals surface area contributed by atoms with E-state index in [0.717, 1.165) is 42.9 Å². The molecule has 0 spiro atoms. The van der Waals surface area contributed by atoms with Crippen LogP contribution in [-0.4, -0.2) is 22.1 Å². The molecule has 1 atom stereocenters. The lowest BCUT2D eigenvalue weighted by molar-refractivity contribution is 0.0944. The number of nitrogens with one attached hydrogen (secondary N) is 1. The summed E-state index contributed by atoms with van der Waals surface area (Å²) in [6, 6.07) is 9.92. The van der Waals surface area contributed by atoms with Crippen molar-refractivity contribution in [3.05, 3.63) is 47.8 Å². The summed E-state index contributed by atoms with van der Waals surface area (Å²) in [5.74, 6) is 0.129. The average Bonchev–Trinajstić information content (AvgIpc) is 2.94. The number of Topliss-reactive ketones (excluding diaryl/α,β-unsaturated/α-hetero) is 1. The first kappa shape index (κ1) is 12.9. The van der Waals surface area contributed by atoms with Crippen LogP contribution >= 0.6 is 0 Å². The number of carbonyl (C=O) groups excluding carboxylic acids is 1. The number of nitrogens with zero attached hydrogens (tertiary/aromatic N) is 2. The maximum atomic E-state index is 12.8. The number of benzene rings is 1. The summed E-state index contributed by atoms with van der Waals surface area (Å²) >= 11 is 0. The Morgan fingerprint density at radius 2 is 2.25 bits per heavy atom. The van der Waals surface area contributed by atoms with Crippen LogP contribution in [0.15, 0.2) is 36.5 Å². The summed E-state index contributed by atoms with van der Waals surface area (Å²) in [7, 11) is 0. The highest BCUT2D eigenvalue weighted by Gasteiger charge is 2.28. The van der Waals surface area contributed by atoms with Crippen molar-refractivity contribution in [2.75, 3.05) is 11.9 Å². The van der Waals surface area contributed by atoms with E-state index in [9.17, 15) is 4.79 Å². The van der Waals surface area contributed by atoms with Crippen molar-refractivity contribution in [3.8, 4) is 0 Å². The number of fused-ring (bicyclic) bond motifs is 1. The van der Waals surface area contributed by atoms with Gasteiger partial charge in [-0.15, -0.1) is 0 Å². The number of ketones is 1. The molecular weight excluding hydrogens is 250 g/mol. The molecule has 1 aliphatic heterocycles. The minimum atomic E-state index is -0.0558. The SMILES string of the molecule is CCCn1nccc1C(=O)C1CCNc2ccccc21. The Bertz CT molecular complexity index is 618. The van der Waals surface area contributed by atoms with Crippen LogP contribution in [0.1, 0.15) is 41.7 Å². The predicted molar refractivity (Wildman–Crippen MR) is 79.1 cm³/mol. The summed E-state index contributed by atoms with van der Waals surface area (Å²) in [6.45, 7) is 3.73. The van der Waals surface area contributed by atoms with Crippen molar-refractivity contribution in [2.24, 2.45) is 0 Å². The second-order valence-corrected chi connectivity index (χ2v) is 5.16. The van der Waals surface area contributed by atoms with Crippen molar-refractivity contribution >= 4 is 11.5 Å². The second kappa shape index (κ2) is 5.49. The molecular formula is C16H19N3O. The molecule has 2 heterocycles. The van der Waals surface area contributed by atoms with Crippen LogP contribution in [0.4, 0.5) is 5.69 Å². The predicted octanol–water partition coefficient (Wildman–Crippen LogP) is 3.08. The molecule has 0 saturated heterocycles. The first-order valence-electron chi connectivity index (χ1n) is 7.20. The van der Waals surface area contributed by atoms with Gasteiger partial charge in [-0.05, 0) is 30.5 Å². The van der Waals surface area contributed by atoms with E-state index in [-0.39, 0.29) is 11.7 Å². The van der Waals surface area contributed by atoms with Gasteiger partial charge in [0, 0.05) is 25.0 Å². The molecule has 0 bridgehead atoms. The normalized spacial score (nSPS) is 17.4. The molecule has 1 unspecified atom stereocenters. The van der Waals surface area contributed by atoms with E-state index in [4.69, 9.17) is 0 Å². The minimum Gasteiger partial charge on any atom is -0.385 e. The molecule has 0 saturated carbocycles. The van der Waals surface area contributed by atoms with Crippen LogP contribution < -0.4 is 5.32 Å². The Hall–Kier alpha value is -2.10. The van der Waals surface area contributed by atoms with Gasteiger partial charge in [-0.2, -0.15) is 5.10 Å².